The first-order valence-corrected chi connectivity index (χ1v) is 5.58. The van der Waals surface area contributed by atoms with Gasteiger partial charge in [-0.15, -0.1) is 13.2 Å². The highest BCUT2D eigenvalue weighted by Gasteiger charge is 2.30. The van der Waals surface area contributed by atoms with E-state index in [4.69, 9.17) is 0 Å². The van der Waals surface area contributed by atoms with E-state index in [-0.39, 0.29) is 17.9 Å². The molecule has 0 saturated heterocycles. The SMILES string of the molecule is O=c1cc(CO)c(-c2ccc(OC(F)(F)F)cc2)c[nH]1. The van der Waals surface area contributed by atoms with Gasteiger partial charge >= 0.3 is 6.36 Å². The molecule has 0 aliphatic rings. The van der Waals surface area contributed by atoms with Crippen LogP contribution in [-0.4, -0.2) is 16.5 Å². The molecule has 2 N–H and O–H groups in total. The number of aromatic amines is 1. The fraction of sp³-hybridized carbons (Fsp3) is 0.154. The summed E-state index contributed by atoms with van der Waals surface area (Å²) in [5.74, 6) is -0.337. The van der Waals surface area contributed by atoms with Gasteiger partial charge in [0.05, 0.1) is 6.61 Å². The molecule has 0 fully saturated rings. The van der Waals surface area contributed by atoms with Crippen molar-refractivity contribution in [1.82, 2.24) is 4.98 Å². The number of ether oxygens (including phenoxy) is 1. The van der Waals surface area contributed by atoms with Gasteiger partial charge in [0.1, 0.15) is 5.75 Å². The van der Waals surface area contributed by atoms with Gasteiger partial charge < -0.3 is 14.8 Å². The monoisotopic (exact) mass is 285 g/mol. The first kappa shape index (κ1) is 14.1. The van der Waals surface area contributed by atoms with Crippen molar-refractivity contribution in [3.8, 4) is 16.9 Å². The lowest BCUT2D eigenvalue weighted by Gasteiger charge is -2.10. The van der Waals surface area contributed by atoms with E-state index in [9.17, 15) is 23.1 Å². The van der Waals surface area contributed by atoms with Crippen LogP contribution in [0, 0.1) is 0 Å². The molecule has 0 amide bonds. The summed E-state index contributed by atoms with van der Waals surface area (Å²) in [6, 6.07) is 6.38. The van der Waals surface area contributed by atoms with Gasteiger partial charge in [0.2, 0.25) is 5.56 Å². The Hall–Kier alpha value is -2.28. The molecule has 1 aromatic heterocycles. The third-order valence-corrected chi connectivity index (χ3v) is 2.58. The molecular formula is C13H10F3NO3. The molecule has 2 rings (SSSR count). The highest BCUT2D eigenvalue weighted by atomic mass is 19.4. The van der Waals surface area contributed by atoms with Gasteiger partial charge in [-0.2, -0.15) is 0 Å². The molecule has 2 aromatic rings. The van der Waals surface area contributed by atoms with E-state index >= 15 is 0 Å². The molecule has 7 heteroatoms. The molecule has 0 unspecified atom stereocenters. The van der Waals surface area contributed by atoms with E-state index < -0.39 is 6.36 Å². The predicted octanol–water partition coefficient (Wildman–Crippen LogP) is 2.43. The number of hydrogen-bond acceptors (Lipinski definition) is 3. The van der Waals surface area contributed by atoms with Gasteiger partial charge in [-0.1, -0.05) is 12.1 Å². The summed E-state index contributed by atoms with van der Waals surface area (Å²) >= 11 is 0. The van der Waals surface area contributed by atoms with Crippen LogP contribution in [0.15, 0.2) is 41.3 Å². The summed E-state index contributed by atoms with van der Waals surface area (Å²) in [6.45, 7) is -0.347. The molecule has 20 heavy (non-hydrogen) atoms. The largest absolute Gasteiger partial charge is 0.573 e. The van der Waals surface area contributed by atoms with Crippen LogP contribution in [0.4, 0.5) is 13.2 Å². The van der Waals surface area contributed by atoms with Gasteiger partial charge in [0.25, 0.3) is 0 Å². The second kappa shape index (κ2) is 5.38. The first-order valence-electron chi connectivity index (χ1n) is 5.58. The van der Waals surface area contributed by atoms with Crippen LogP contribution in [0.2, 0.25) is 0 Å². The number of hydrogen-bond donors (Lipinski definition) is 2. The summed E-state index contributed by atoms with van der Waals surface area (Å²) in [7, 11) is 0. The van der Waals surface area contributed by atoms with E-state index in [0.29, 0.717) is 16.7 Å². The van der Waals surface area contributed by atoms with Crippen LogP contribution in [0.5, 0.6) is 5.75 Å². The number of pyridine rings is 1. The molecule has 4 nitrogen and oxygen atoms in total. The van der Waals surface area contributed by atoms with Crippen molar-refractivity contribution >= 4 is 0 Å². The van der Waals surface area contributed by atoms with Gasteiger partial charge in [0, 0.05) is 17.8 Å². The maximum atomic E-state index is 12.0. The zero-order valence-corrected chi connectivity index (χ0v) is 10.1. The van der Waals surface area contributed by atoms with Crippen LogP contribution in [-0.2, 0) is 6.61 Å². The van der Waals surface area contributed by atoms with Gasteiger partial charge in [-0.05, 0) is 23.3 Å². The van der Waals surface area contributed by atoms with Crippen molar-refractivity contribution in [2.45, 2.75) is 13.0 Å². The molecule has 0 bridgehead atoms. The average Bonchev–Trinajstić information content (AvgIpc) is 2.38. The van der Waals surface area contributed by atoms with Crippen LogP contribution in [0.25, 0.3) is 11.1 Å². The van der Waals surface area contributed by atoms with E-state index in [1.54, 1.807) is 0 Å². The Labute approximate surface area is 111 Å². The molecular weight excluding hydrogens is 275 g/mol. The van der Waals surface area contributed by atoms with E-state index in [0.717, 1.165) is 12.1 Å². The fourth-order valence-corrected chi connectivity index (χ4v) is 1.75. The van der Waals surface area contributed by atoms with Crippen molar-refractivity contribution in [2.75, 3.05) is 0 Å². The molecule has 0 radical (unpaired) electrons. The molecule has 0 spiro atoms. The Kier molecular flexibility index (Phi) is 3.80. The number of aliphatic hydroxyl groups is 1. The number of alkyl halides is 3. The second-order valence-corrected chi connectivity index (χ2v) is 3.97. The molecule has 1 aromatic carbocycles. The quantitative estimate of drug-likeness (QED) is 0.910. The lowest BCUT2D eigenvalue weighted by atomic mass is 10.0. The maximum absolute atomic E-state index is 12.0. The molecule has 0 atom stereocenters. The Bertz CT molecular complexity index is 647. The highest BCUT2D eigenvalue weighted by Crippen LogP contribution is 2.27. The van der Waals surface area contributed by atoms with E-state index in [2.05, 4.69) is 9.72 Å². The summed E-state index contributed by atoms with van der Waals surface area (Å²) in [5.41, 5.74) is 1.11. The fourth-order valence-electron chi connectivity index (χ4n) is 1.75. The van der Waals surface area contributed by atoms with Gasteiger partial charge in [-0.25, -0.2) is 0 Å². The Morgan fingerprint density at radius 1 is 1.20 bits per heavy atom. The van der Waals surface area contributed by atoms with Crippen LogP contribution in [0.1, 0.15) is 5.56 Å². The number of aromatic nitrogens is 1. The smallest absolute Gasteiger partial charge is 0.406 e. The van der Waals surface area contributed by atoms with Crippen molar-refractivity contribution in [3.05, 3.63) is 52.4 Å². The minimum absolute atomic E-state index is 0.337. The Morgan fingerprint density at radius 2 is 1.85 bits per heavy atom. The van der Waals surface area contributed by atoms with Crippen LogP contribution >= 0.6 is 0 Å². The van der Waals surface area contributed by atoms with Crippen molar-refractivity contribution < 1.29 is 23.0 Å². The average molecular weight is 285 g/mol. The zero-order chi connectivity index (χ0) is 14.8. The maximum Gasteiger partial charge on any atom is 0.573 e. The number of nitrogens with one attached hydrogen (secondary N) is 1. The summed E-state index contributed by atoms with van der Waals surface area (Å²) < 4.78 is 39.9. The third kappa shape index (κ3) is 3.39. The zero-order valence-electron chi connectivity index (χ0n) is 10.1. The minimum Gasteiger partial charge on any atom is -0.406 e. The molecule has 106 valence electrons. The molecule has 0 aliphatic carbocycles. The van der Waals surface area contributed by atoms with E-state index in [1.165, 1.54) is 24.4 Å². The Morgan fingerprint density at radius 3 is 2.40 bits per heavy atom. The van der Waals surface area contributed by atoms with E-state index in [1.807, 2.05) is 0 Å². The van der Waals surface area contributed by atoms with Crippen molar-refractivity contribution in [3.63, 3.8) is 0 Å². The number of benzene rings is 1. The number of H-pyrrole nitrogens is 1. The molecule has 0 saturated carbocycles. The number of aliphatic hydroxyl groups excluding tert-OH is 1. The van der Waals surface area contributed by atoms with Gasteiger partial charge in [-0.3, -0.25) is 4.79 Å². The Balaban J connectivity index is 2.33. The first-order chi connectivity index (χ1) is 9.39. The summed E-state index contributed by atoms with van der Waals surface area (Å²) in [6.07, 6.45) is -3.34. The lowest BCUT2D eigenvalue weighted by Crippen LogP contribution is -2.16. The summed E-state index contributed by atoms with van der Waals surface area (Å²) in [4.78, 5) is 13.6. The minimum atomic E-state index is -4.74. The third-order valence-electron chi connectivity index (χ3n) is 2.58. The predicted molar refractivity (Wildman–Crippen MR) is 65.1 cm³/mol. The van der Waals surface area contributed by atoms with Crippen molar-refractivity contribution in [1.29, 1.82) is 0 Å². The van der Waals surface area contributed by atoms with Crippen LogP contribution in [0.3, 0.4) is 0 Å². The van der Waals surface area contributed by atoms with Crippen LogP contribution < -0.4 is 10.3 Å². The second-order valence-electron chi connectivity index (χ2n) is 3.97. The normalized spacial score (nSPS) is 11.4. The standard InChI is InChI=1S/C13H10F3NO3/c14-13(15,16)20-10-3-1-8(2-4-10)11-6-17-12(19)5-9(11)7-18/h1-6,18H,7H2,(H,17,19). The van der Waals surface area contributed by atoms with Gasteiger partial charge in [0.15, 0.2) is 0 Å². The lowest BCUT2D eigenvalue weighted by molar-refractivity contribution is -0.274. The highest BCUT2D eigenvalue weighted by molar-refractivity contribution is 5.66. The number of rotatable bonds is 3. The summed E-state index contributed by atoms with van der Waals surface area (Å²) in [5, 5.41) is 9.19. The topological polar surface area (TPSA) is 62.3 Å². The molecule has 1 heterocycles. The van der Waals surface area contributed by atoms with Crippen molar-refractivity contribution in [2.24, 2.45) is 0 Å². The molecule has 0 aliphatic heterocycles. The number of halogens is 3.